The molecular formula is C17H23N5O2S. The van der Waals surface area contributed by atoms with Crippen molar-refractivity contribution < 1.29 is 9.53 Å². The van der Waals surface area contributed by atoms with Gasteiger partial charge < -0.3 is 10.1 Å². The van der Waals surface area contributed by atoms with Gasteiger partial charge in [-0.05, 0) is 53.5 Å². The Morgan fingerprint density at radius 2 is 2.08 bits per heavy atom. The van der Waals surface area contributed by atoms with Gasteiger partial charge in [-0.2, -0.15) is 4.68 Å². The van der Waals surface area contributed by atoms with E-state index in [0.717, 1.165) is 17.9 Å². The van der Waals surface area contributed by atoms with Crippen LogP contribution in [0.4, 0.5) is 0 Å². The van der Waals surface area contributed by atoms with Crippen LogP contribution in [0.2, 0.25) is 0 Å². The molecule has 8 heteroatoms. The van der Waals surface area contributed by atoms with E-state index in [1.165, 1.54) is 31.0 Å². The molecule has 1 aliphatic carbocycles. The van der Waals surface area contributed by atoms with Gasteiger partial charge in [0.2, 0.25) is 11.1 Å². The highest BCUT2D eigenvalue weighted by Gasteiger charge is 2.23. The van der Waals surface area contributed by atoms with Crippen LogP contribution < -0.4 is 10.1 Å². The van der Waals surface area contributed by atoms with Gasteiger partial charge in [0, 0.05) is 6.04 Å². The minimum atomic E-state index is 0.0352. The molecule has 1 aromatic carbocycles. The monoisotopic (exact) mass is 361 g/mol. The summed E-state index contributed by atoms with van der Waals surface area (Å²) in [5.74, 6) is 1.66. The maximum absolute atomic E-state index is 12.3. The molecular weight excluding hydrogens is 338 g/mol. The van der Waals surface area contributed by atoms with E-state index in [9.17, 15) is 4.79 Å². The number of amides is 1. The Hall–Kier alpha value is -2.09. The predicted molar refractivity (Wildman–Crippen MR) is 96.0 cm³/mol. The van der Waals surface area contributed by atoms with Crippen molar-refractivity contribution in [3.63, 3.8) is 0 Å². The summed E-state index contributed by atoms with van der Waals surface area (Å²) in [4.78, 5) is 12.3. The van der Waals surface area contributed by atoms with Crippen LogP contribution in [0.3, 0.4) is 0 Å². The minimum Gasteiger partial charge on any atom is -0.497 e. The van der Waals surface area contributed by atoms with E-state index >= 15 is 0 Å². The molecule has 134 valence electrons. The molecule has 3 rings (SSSR count). The maximum atomic E-state index is 12.3. The molecule has 1 fully saturated rings. The molecule has 1 N–H and O–H groups in total. The molecule has 1 saturated carbocycles. The average molecular weight is 361 g/mol. The Morgan fingerprint density at radius 3 is 2.80 bits per heavy atom. The number of methoxy groups -OCH3 is 1. The predicted octanol–water partition coefficient (Wildman–Crippen LogP) is 2.46. The van der Waals surface area contributed by atoms with Crippen LogP contribution in [0, 0.1) is 5.92 Å². The normalized spacial score (nSPS) is 20.2. The number of ether oxygens (including phenoxy) is 1. The van der Waals surface area contributed by atoms with Gasteiger partial charge in [0.25, 0.3) is 0 Å². The van der Waals surface area contributed by atoms with Crippen LogP contribution in [0.25, 0.3) is 5.69 Å². The fourth-order valence-electron chi connectivity index (χ4n) is 3.06. The van der Waals surface area contributed by atoms with Gasteiger partial charge in [-0.3, -0.25) is 4.79 Å². The highest BCUT2D eigenvalue weighted by Crippen LogP contribution is 2.24. The number of hydrogen-bond acceptors (Lipinski definition) is 6. The summed E-state index contributed by atoms with van der Waals surface area (Å²) in [6.07, 6.45) is 4.71. The van der Waals surface area contributed by atoms with Gasteiger partial charge in [-0.1, -0.05) is 31.5 Å². The lowest BCUT2D eigenvalue weighted by Crippen LogP contribution is -2.41. The van der Waals surface area contributed by atoms with Crippen molar-refractivity contribution in [3.8, 4) is 11.4 Å². The second kappa shape index (κ2) is 8.33. The summed E-state index contributed by atoms with van der Waals surface area (Å²) in [5.41, 5.74) is 0.828. The standard InChI is InChI=1S/C17H23N5O2S/c1-12-5-3-4-6-15(12)18-16(23)11-25-17-19-20-21-22(17)13-7-9-14(24-2)10-8-13/h7-10,12,15H,3-6,11H2,1-2H3,(H,18,23). The van der Waals surface area contributed by atoms with Gasteiger partial charge in [-0.25, -0.2) is 0 Å². The van der Waals surface area contributed by atoms with Crippen LogP contribution in [-0.4, -0.2) is 45.0 Å². The smallest absolute Gasteiger partial charge is 0.230 e. The van der Waals surface area contributed by atoms with E-state index in [1.54, 1.807) is 11.8 Å². The first-order valence-corrected chi connectivity index (χ1v) is 9.51. The van der Waals surface area contributed by atoms with Crippen LogP contribution in [-0.2, 0) is 4.79 Å². The molecule has 1 heterocycles. The van der Waals surface area contributed by atoms with E-state index < -0.39 is 0 Å². The first-order chi connectivity index (χ1) is 12.2. The van der Waals surface area contributed by atoms with Gasteiger partial charge >= 0.3 is 0 Å². The van der Waals surface area contributed by atoms with Crippen LogP contribution in [0.15, 0.2) is 29.4 Å². The zero-order valence-corrected chi connectivity index (χ0v) is 15.3. The summed E-state index contributed by atoms with van der Waals surface area (Å²) in [5, 5.41) is 15.5. The van der Waals surface area contributed by atoms with Crippen molar-refractivity contribution in [1.29, 1.82) is 0 Å². The third-order valence-electron chi connectivity index (χ3n) is 4.55. The molecule has 2 atom stereocenters. The quantitative estimate of drug-likeness (QED) is 0.796. The molecule has 2 unspecified atom stereocenters. The SMILES string of the molecule is COc1ccc(-n2nnnc2SCC(=O)NC2CCCCC2C)cc1. The van der Waals surface area contributed by atoms with Crippen molar-refractivity contribution in [3.05, 3.63) is 24.3 Å². The first-order valence-electron chi connectivity index (χ1n) is 8.52. The number of aromatic nitrogens is 4. The molecule has 0 aliphatic heterocycles. The van der Waals surface area contributed by atoms with Gasteiger partial charge in [-0.15, -0.1) is 5.10 Å². The number of tetrazole rings is 1. The number of carbonyl (C=O) groups is 1. The number of nitrogens with one attached hydrogen (secondary N) is 1. The molecule has 7 nitrogen and oxygen atoms in total. The van der Waals surface area contributed by atoms with Gasteiger partial charge in [0.1, 0.15) is 5.75 Å². The Labute approximate surface area is 151 Å². The highest BCUT2D eigenvalue weighted by molar-refractivity contribution is 7.99. The Bertz CT molecular complexity index is 703. The second-order valence-electron chi connectivity index (χ2n) is 6.30. The fourth-order valence-corrected chi connectivity index (χ4v) is 3.77. The van der Waals surface area contributed by atoms with Crippen molar-refractivity contribution in [2.45, 2.75) is 43.8 Å². The highest BCUT2D eigenvalue weighted by atomic mass is 32.2. The van der Waals surface area contributed by atoms with E-state index in [1.807, 2.05) is 24.3 Å². The van der Waals surface area contributed by atoms with Crippen LogP contribution in [0.5, 0.6) is 5.75 Å². The van der Waals surface area contributed by atoms with Gasteiger partial charge in [0.15, 0.2) is 0 Å². The lowest BCUT2D eigenvalue weighted by molar-refractivity contribution is -0.119. The molecule has 0 saturated heterocycles. The van der Waals surface area contributed by atoms with Crippen LogP contribution in [0.1, 0.15) is 32.6 Å². The Kier molecular flexibility index (Phi) is 5.91. The lowest BCUT2D eigenvalue weighted by atomic mass is 9.86. The molecule has 1 aromatic heterocycles. The van der Waals surface area contributed by atoms with Gasteiger partial charge in [0.05, 0.1) is 18.6 Å². The molecule has 0 radical (unpaired) electrons. The molecule has 2 aromatic rings. The van der Waals surface area contributed by atoms with Crippen molar-refractivity contribution in [1.82, 2.24) is 25.5 Å². The summed E-state index contributed by atoms with van der Waals surface area (Å²) >= 11 is 1.34. The van der Waals surface area contributed by atoms with E-state index in [-0.39, 0.29) is 5.91 Å². The number of hydrogen-bond donors (Lipinski definition) is 1. The summed E-state index contributed by atoms with van der Waals surface area (Å²) in [6, 6.07) is 7.75. The molecule has 0 spiro atoms. The largest absolute Gasteiger partial charge is 0.497 e. The topological polar surface area (TPSA) is 81.9 Å². The van der Waals surface area contributed by atoms with E-state index in [4.69, 9.17) is 4.74 Å². The maximum Gasteiger partial charge on any atom is 0.230 e. The first kappa shape index (κ1) is 17.7. The van der Waals surface area contributed by atoms with Crippen LogP contribution >= 0.6 is 11.8 Å². The number of benzene rings is 1. The Balaban J connectivity index is 1.58. The summed E-state index contributed by atoms with van der Waals surface area (Å²) in [7, 11) is 1.62. The summed E-state index contributed by atoms with van der Waals surface area (Å²) in [6.45, 7) is 2.21. The average Bonchev–Trinajstić information content (AvgIpc) is 3.10. The van der Waals surface area contributed by atoms with E-state index in [2.05, 4.69) is 27.8 Å². The number of rotatable bonds is 6. The number of carbonyl (C=O) groups excluding carboxylic acids is 1. The minimum absolute atomic E-state index is 0.0352. The van der Waals surface area contributed by atoms with Crippen molar-refractivity contribution >= 4 is 17.7 Å². The third kappa shape index (κ3) is 4.50. The Morgan fingerprint density at radius 1 is 1.32 bits per heavy atom. The number of thioether (sulfide) groups is 1. The molecule has 1 amide bonds. The molecule has 25 heavy (non-hydrogen) atoms. The zero-order valence-electron chi connectivity index (χ0n) is 14.5. The second-order valence-corrected chi connectivity index (χ2v) is 7.24. The van der Waals surface area contributed by atoms with Crippen molar-refractivity contribution in [2.24, 2.45) is 5.92 Å². The van der Waals surface area contributed by atoms with E-state index in [0.29, 0.717) is 22.9 Å². The molecule has 1 aliphatic rings. The fraction of sp³-hybridized carbons (Fsp3) is 0.529. The molecule has 0 bridgehead atoms. The number of nitrogens with zero attached hydrogens (tertiary/aromatic N) is 4. The third-order valence-corrected chi connectivity index (χ3v) is 5.47. The summed E-state index contributed by atoms with van der Waals surface area (Å²) < 4.78 is 6.78. The zero-order chi connectivity index (χ0) is 17.6. The van der Waals surface area contributed by atoms with Crippen molar-refractivity contribution in [2.75, 3.05) is 12.9 Å². The lowest BCUT2D eigenvalue weighted by Gasteiger charge is -2.29.